The Kier molecular flexibility index (Phi) is 4.56. The number of nitrogens with one attached hydrogen (secondary N) is 2. The lowest BCUT2D eigenvalue weighted by Crippen LogP contribution is -2.13. The number of fused-ring (bicyclic) bond motifs is 1. The Bertz CT molecular complexity index is 1340. The Labute approximate surface area is 175 Å². The average molecular weight is 415 g/mol. The zero-order valence-electron chi connectivity index (χ0n) is 16.0. The van der Waals surface area contributed by atoms with Crippen LogP contribution < -0.4 is 5.32 Å². The molecule has 4 heterocycles. The number of carbonyl (C=O) groups excluding carboxylic acids is 1. The number of pyridine rings is 1. The van der Waals surface area contributed by atoms with Crippen molar-refractivity contribution in [2.24, 2.45) is 0 Å². The van der Waals surface area contributed by atoms with Crippen LogP contribution in [0.1, 0.15) is 23.1 Å². The number of benzene rings is 1. The molecule has 0 unspecified atom stereocenters. The SMILES string of the molecule is CCc1csc(-c2cn[nH]c2C(=O)Nc2ccn3nc(-c4ccccc4)nc3c2)n1. The maximum absolute atomic E-state index is 12.9. The first-order chi connectivity index (χ1) is 14.7. The van der Waals surface area contributed by atoms with Crippen LogP contribution in [0.2, 0.25) is 0 Å². The molecule has 5 aromatic rings. The summed E-state index contributed by atoms with van der Waals surface area (Å²) < 4.78 is 1.68. The number of amides is 1. The van der Waals surface area contributed by atoms with Crippen molar-refractivity contribution in [1.29, 1.82) is 0 Å². The third-order valence-corrected chi connectivity index (χ3v) is 5.56. The minimum atomic E-state index is -0.289. The van der Waals surface area contributed by atoms with Gasteiger partial charge in [-0.2, -0.15) is 5.10 Å². The summed E-state index contributed by atoms with van der Waals surface area (Å²) >= 11 is 1.50. The van der Waals surface area contributed by atoms with E-state index in [2.05, 4.69) is 30.6 Å². The van der Waals surface area contributed by atoms with Crippen LogP contribution in [0.3, 0.4) is 0 Å². The summed E-state index contributed by atoms with van der Waals surface area (Å²) in [6.45, 7) is 2.05. The molecule has 0 aliphatic heterocycles. The molecule has 30 heavy (non-hydrogen) atoms. The molecule has 0 spiro atoms. The molecule has 1 amide bonds. The van der Waals surface area contributed by atoms with E-state index in [4.69, 9.17) is 0 Å². The van der Waals surface area contributed by atoms with Crippen LogP contribution in [0.15, 0.2) is 60.2 Å². The Balaban J connectivity index is 1.41. The van der Waals surface area contributed by atoms with Gasteiger partial charge in [-0.3, -0.25) is 9.89 Å². The molecule has 4 aromatic heterocycles. The van der Waals surface area contributed by atoms with Crippen molar-refractivity contribution in [2.45, 2.75) is 13.3 Å². The molecule has 0 aliphatic carbocycles. The zero-order chi connectivity index (χ0) is 20.5. The normalized spacial score (nSPS) is 11.1. The molecule has 5 rings (SSSR count). The number of hydrogen-bond donors (Lipinski definition) is 2. The van der Waals surface area contributed by atoms with Crippen LogP contribution >= 0.6 is 11.3 Å². The molecule has 0 saturated heterocycles. The molecular formula is C21H17N7OS. The number of aromatic amines is 1. The van der Waals surface area contributed by atoms with Crippen LogP contribution in [-0.4, -0.2) is 35.7 Å². The fourth-order valence-corrected chi connectivity index (χ4v) is 4.00. The summed E-state index contributed by atoms with van der Waals surface area (Å²) in [5, 5.41) is 17.0. The van der Waals surface area contributed by atoms with E-state index in [1.807, 2.05) is 42.6 Å². The molecule has 0 fully saturated rings. The van der Waals surface area contributed by atoms with Crippen molar-refractivity contribution in [2.75, 3.05) is 5.32 Å². The van der Waals surface area contributed by atoms with Gasteiger partial charge in [0.05, 0.1) is 17.5 Å². The first kappa shape index (κ1) is 18.2. The maximum Gasteiger partial charge on any atom is 0.274 e. The fraction of sp³-hybridized carbons (Fsp3) is 0.0952. The number of anilines is 1. The number of aromatic nitrogens is 6. The van der Waals surface area contributed by atoms with E-state index in [0.29, 0.717) is 28.4 Å². The number of carbonyl (C=O) groups is 1. The summed E-state index contributed by atoms with van der Waals surface area (Å²) in [7, 11) is 0. The molecule has 0 saturated carbocycles. The van der Waals surface area contributed by atoms with Crippen molar-refractivity contribution < 1.29 is 4.79 Å². The van der Waals surface area contributed by atoms with Crippen molar-refractivity contribution in [3.05, 3.63) is 71.6 Å². The molecule has 2 N–H and O–H groups in total. The summed E-state index contributed by atoms with van der Waals surface area (Å²) in [6, 6.07) is 13.3. The van der Waals surface area contributed by atoms with Crippen LogP contribution in [0, 0.1) is 0 Å². The lowest BCUT2D eigenvalue weighted by molar-refractivity contribution is 0.102. The van der Waals surface area contributed by atoms with Crippen LogP contribution in [0.4, 0.5) is 5.69 Å². The van der Waals surface area contributed by atoms with Crippen molar-refractivity contribution >= 4 is 28.6 Å². The molecule has 1 aromatic carbocycles. The van der Waals surface area contributed by atoms with Gasteiger partial charge in [-0.05, 0) is 12.5 Å². The monoisotopic (exact) mass is 415 g/mol. The van der Waals surface area contributed by atoms with E-state index < -0.39 is 0 Å². The van der Waals surface area contributed by atoms with Crippen LogP contribution in [-0.2, 0) is 6.42 Å². The lowest BCUT2D eigenvalue weighted by atomic mass is 10.2. The standard InChI is InChI=1S/C21H17N7OS/c1-2-14-12-30-21(24-14)16-11-22-26-18(16)20(29)23-15-8-9-28-17(10-15)25-19(27-28)13-6-4-3-5-7-13/h3-12H,2H2,1H3,(H,22,26)(H,23,29). The Morgan fingerprint density at radius 2 is 2.07 bits per heavy atom. The highest BCUT2D eigenvalue weighted by molar-refractivity contribution is 7.13. The van der Waals surface area contributed by atoms with E-state index in [1.54, 1.807) is 29.0 Å². The van der Waals surface area contributed by atoms with E-state index in [9.17, 15) is 4.79 Å². The van der Waals surface area contributed by atoms with Crippen LogP contribution in [0.5, 0.6) is 0 Å². The largest absolute Gasteiger partial charge is 0.320 e. The molecule has 0 atom stereocenters. The zero-order valence-corrected chi connectivity index (χ0v) is 16.8. The van der Waals surface area contributed by atoms with Gasteiger partial charge in [0.1, 0.15) is 10.7 Å². The maximum atomic E-state index is 12.9. The van der Waals surface area contributed by atoms with Crippen LogP contribution in [0.25, 0.3) is 27.6 Å². The topological polar surface area (TPSA) is 101 Å². The third kappa shape index (κ3) is 3.35. The van der Waals surface area contributed by atoms with Gasteiger partial charge in [0.25, 0.3) is 5.91 Å². The molecule has 0 bridgehead atoms. The molecule has 0 aliphatic rings. The fourth-order valence-electron chi connectivity index (χ4n) is 3.08. The Hall–Kier alpha value is -3.85. The number of hydrogen-bond acceptors (Lipinski definition) is 6. The van der Waals surface area contributed by atoms with Crippen molar-refractivity contribution in [3.63, 3.8) is 0 Å². The summed E-state index contributed by atoms with van der Waals surface area (Å²) in [5.74, 6) is 0.341. The van der Waals surface area contributed by atoms with Crippen molar-refractivity contribution in [1.82, 2.24) is 29.8 Å². The highest BCUT2D eigenvalue weighted by atomic mass is 32.1. The average Bonchev–Trinajstić information content (AvgIpc) is 3.52. The van der Waals surface area contributed by atoms with Gasteiger partial charge in [-0.1, -0.05) is 37.3 Å². The summed E-state index contributed by atoms with van der Waals surface area (Å²) in [4.78, 5) is 22.0. The molecule has 148 valence electrons. The second-order valence-corrected chi connectivity index (χ2v) is 7.49. The molecular weight excluding hydrogens is 398 g/mol. The van der Waals surface area contributed by atoms with Crippen molar-refractivity contribution in [3.8, 4) is 22.0 Å². The summed E-state index contributed by atoms with van der Waals surface area (Å²) in [6.07, 6.45) is 4.24. The highest BCUT2D eigenvalue weighted by Crippen LogP contribution is 2.27. The Morgan fingerprint density at radius 3 is 2.87 bits per heavy atom. The predicted molar refractivity (Wildman–Crippen MR) is 115 cm³/mol. The lowest BCUT2D eigenvalue weighted by Gasteiger charge is -2.05. The second kappa shape index (κ2) is 7.53. The van der Waals surface area contributed by atoms with Gasteiger partial charge in [0.2, 0.25) is 0 Å². The van der Waals surface area contributed by atoms with E-state index in [0.717, 1.165) is 22.7 Å². The third-order valence-electron chi connectivity index (χ3n) is 4.64. The van der Waals surface area contributed by atoms with E-state index in [-0.39, 0.29) is 5.91 Å². The quantitative estimate of drug-likeness (QED) is 0.451. The number of thiazole rings is 1. The molecule has 0 radical (unpaired) electrons. The first-order valence-electron chi connectivity index (χ1n) is 9.42. The van der Waals surface area contributed by atoms with Gasteiger partial charge in [-0.15, -0.1) is 16.4 Å². The van der Waals surface area contributed by atoms with Gasteiger partial charge in [-0.25, -0.2) is 14.5 Å². The minimum absolute atomic E-state index is 0.289. The minimum Gasteiger partial charge on any atom is -0.320 e. The second-order valence-electron chi connectivity index (χ2n) is 6.63. The number of aryl methyl sites for hydroxylation is 1. The molecule has 8 nitrogen and oxygen atoms in total. The van der Waals surface area contributed by atoms with Gasteiger partial charge >= 0.3 is 0 Å². The Morgan fingerprint density at radius 1 is 1.20 bits per heavy atom. The number of H-pyrrole nitrogens is 1. The number of rotatable bonds is 5. The molecule has 9 heteroatoms. The summed E-state index contributed by atoms with van der Waals surface area (Å²) in [5.41, 5.74) is 4.25. The van der Waals surface area contributed by atoms with Gasteiger partial charge in [0, 0.05) is 28.9 Å². The smallest absolute Gasteiger partial charge is 0.274 e. The first-order valence-corrected chi connectivity index (χ1v) is 10.3. The van der Waals surface area contributed by atoms with E-state index >= 15 is 0 Å². The van der Waals surface area contributed by atoms with Gasteiger partial charge < -0.3 is 5.32 Å². The predicted octanol–water partition coefficient (Wildman–Crippen LogP) is 4.06. The number of nitrogens with zero attached hydrogens (tertiary/aromatic N) is 5. The highest BCUT2D eigenvalue weighted by Gasteiger charge is 2.18. The van der Waals surface area contributed by atoms with E-state index in [1.165, 1.54) is 11.3 Å². The van der Waals surface area contributed by atoms with Gasteiger partial charge in [0.15, 0.2) is 11.5 Å².